The van der Waals surface area contributed by atoms with Crippen molar-refractivity contribution in [2.45, 2.75) is 29.1 Å². The van der Waals surface area contributed by atoms with Crippen molar-refractivity contribution in [2.75, 3.05) is 44.2 Å². The van der Waals surface area contributed by atoms with Gasteiger partial charge in [-0.2, -0.15) is 0 Å². The molecule has 1 fully saturated rings. The van der Waals surface area contributed by atoms with Crippen LogP contribution in [0.25, 0.3) is 10.8 Å². The predicted octanol–water partition coefficient (Wildman–Crippen LogP) is 4.76. The highest BCUT2D eigenvalue weighted by atomic mass is 32.2. The summed E-state index contributed by atoms with van der Waals surface area (Å²) in [5.41, 5.74) is 0. The summed E-state index contributed by atoms with van der Waals surface area (Å²) in [5.74, 6) is 3.74. The Morgan fingerprint density at radius 3 is 2.50 bits per heavy atom. The van der Waals surface area contributed by atoms with E-state index in [0.29, 0.717) is 24.1 Å². The number of hydrogen-bond donors (Lipinski definition) is 0. The van der Waals surface area contributed by atoms with Crippen molar-refractivity contribution in [3.8, 4) is 0 Å². The standard InChI is InChI=1S/C20H27O2S2/c1-21-11-12-22-13-14-23-19-9-10-20(24-15-5-2-6-16-24)18-8-4-3-7-17(18)19/h3-4,7-10H,2,5-6,11-16H2,1H3/q+1. The Morgan fingerprint density at radius 2 is 1.71 bits per heavy atom. The van der Waals surface area contributed by atoms with Gasteiger partial charge in [-0.15, -0.1) is 11.8 Å². The summed E-state index contributed by atoms with van der Waals surface area (Å²) >= 11 is 1.90. The van der Waals surface area contributed by atoms with Gasteiger partial charge in [0, 0.05) is 39.4 Å². The van der Waals surface area contributed by atoms with Crippen molar-refractivity contribution in [2.24, 2.45) is 0 Å². The Bertz CT molecular complexity index is 639. The van der Waals surface area contributed by atoms with Crippen molar-refractivity contribution in [3.05, 3.63) is 36.4 Å². The molecule has 0 atom stereocenters. The molecular weight excluding hydrogens is 336 g/mol. The first-order valence-corrected chi connectivity index (χ1v) is 11.3. The van der Waals surface area contributed by atoms with E-state index in [-0.39, 0.29) is 0 Å². The molecule has 2 aromatic rings. The third kappa shape index (κ3) is 4.69. The van der Waals surface area contributed by atoms with Gasteiger partial charge in [0.25, 0.3) is 0 Å². The fourth-order valence-corrected chi connectivity index (χ4v) is 6.55. The van der Waals surface area contributed by atoms with Crippen LogP contribution >= 0.6 is 11.8 Å². The molecule has 0 amide bonds. The maximum Gasteiger partial charge on any atom is 0.162 e. The summed E-state index contributed by atoms with van der Waals surface area (Å²) in [6.07, 6.45) is 4.21. The summed E-state index contributed by atoms with van der Waals surface area (Å²) in [6.45, 7) is 2.12. The van der Waals surface area contributed by atoms with Gasteiger partial charge in [0.2, 0.25) is 0 Å². The first-order chi connectivity index (χ1) is 11.9. The highest BCUT2D eigenvalue weighted by Gasteiger charge is 2.27. The lowest BCUT2D eigenvalue weighted by Gasteiger charge is -2.16. The molecule has 4 heteroatoms. The van der Waals surface area contributed by atoms with E-state index in [1.54, 1.807) is 12.0 Å². The molecule has 0 spiro atoms. The summed E-state index contributed by atoms with van der Waals surface area (Å²) in [4.78, 5) is 2.97. The third-order valence-electron chi connectivity index (χ3n) is 4.35. The van der Waals surface area contributed by atoms with E-state index in [2.05, 4.69) is 36.4 Å². The lowest BCUT2D eigenvalue weighted by molar-refractivity contribution is 0.0790. The third-order valence-corrected chi connectivity index (χ3v) is 7.93. The van der Waals surface area contributed by atoms with Gasteiger partial charge in [-0.1, -0.05) is 18.2 Å². The quantitative estimate of drug-likeness (QED) is 0.383. The summed E-state index contributed by atoms with van der Waals surface area (Å²) < 4.78 is 10.6. The molecule has 0 aliphatic carbocycles. The zero-order valence-corrected chi connectivity index (χ0v) is 16.1. The molecule has 1 aliphatic rings. The van der Waals surface area contributed by atoms with E-state index in [1.165, 1.54) is 46.4 Å². The molecule has 0 bridgehead atoms. The maximum absolute atomic E-state index is 5.58. The topological polar surface area (TPSA) is 18.5 Å². The first-order valence-electron chi connectivity index (χ1n) is 8.79. The lowest BCUT2D eigenvalue weighted by atomic mass is 10.1. The number of ether oxygens (including phenoxy) is 2. The number of hydrogen-bond acceptors (Lipinski definition) is 3. The van der Waals surface area contributed by atoms with Crippen molar-refractivity contribution in [3.63, 3.8) is 0 Å². The van der Waals surface area contributed by atoms with E-state index < -0.39 is 0 Å². The predicted molar refractivity (Wildman–Crippen MR) is 107 cm³/mol. The largest absolute Gasteiger partial charge is 0.382 e. The zero-order chi connectivity index (χ0) is 16.6. The second-order valence-electron chi connectivity index (χ2n) is 6.02. The smallest absolute Gasteiger partial charge is 0.162 e. The minimum absolute atomic E-state index is 0.450. The van der Waals surface area contributed by atoms with Gasteiger partial charge in [0.05, 0.1) is 19.8 Å². The Balaban J connectivity index is 1.71. The van der Waals surface area contributed by atoms with Gasteiger partial charge in [0.15, 0.2) is 4.90 Å². The van der Waals surface area contributed by atoms with E-state index in [4.69, 9.17) is 9.47 Å². The van der Waals surface area contributed by atoms with Crippen LogP contribution < -0.4 is 0 Å². The van der Waals surface area contributed by atoms with Gasteiger partial charge in [-0.3, -0.25) is 0 Å². The Kier molecular flexibility index (Phi) is 7.33. The minimum Gasteiger partial charge on any atom is -0.382 e. The van der Waals surface area contributed by atoms with Crippen LogP contribution in [0.5, 0.6) is 0 Å². The second kappa shape index (κ2) is 9.71. The Hall–Kier alpha value is -0.680. The van der Waals surface area contributed by atoms with Crippen LogP contribution in [-0.4, -0.2) is 44.2 Å². The molecular formula is C20H27O2S2+. The summed E-state index contributed by atoms with van der Waals surface area (Å²) in [5, 5.41) is 2.88. The van der Waals surface area contributed by atoms with Gasteiger partial charge < -0.3 is 9.47 Å². The molecule has 0 aromatic heterocycles. The highest BCUT2D eigenvalue weighted by Crippen LogP contribution is 2.34. The van der Waals surface area contributed by atoms with Gasteiger partial charge >= 0.3 is 0 Å². The van der Waals surface area contributed by atoms with Crippen molar-refractivity contribution < 1.29 is 9.47 Å². The minimum atomic E-state index is 0.450. The molecule has 0 unspecified atom stereocenters. The molecule has 1 heterocycles. The molecule has 2 aromatic carbocycles. The number of fused-ring (bicyclic) bond motifs is 1. The van der Waals surface area contributed by atoms with Gasteiger partial charge in [0.1, 0.15) is 11.5 Å². The van der Waals surface area contributed by atoms with Crippen molar-refractivity contribution >= 4 is 33.4 Å². The molecule has 1 aliphatic heterocycles. The normalized spacial score (nSPS) is 15.9. The molecule has 130 valence electrons. The number of rotatable bonds is 8. The fraction of sp³-hybridized carbons (Fsp3) is 0.500. The summed E-state index contributed by atoms with van der Waals surface area (Å²) in [7, 11) is 2.16. The lowest BCUT2D eigenvalue weighted by Crippen LogP contribution is -2.17. The van der Waals surface area contributed by atoms with E-state index in [0.717, 1.165) is 12.4 Å². The van der Waals surface area contributed by atoms with Gasteiger partial charge in [-0.25, -0.2) is 0 Å². The molecule has 0 radical (unpaired) electrons. The van der Waals surface area contributed by atoms with Crippen LogP contribution in [0.15, 0.2) is 46.2 Å². The highest BCUT2D eigenvalue weighted by molar-refractivity contribution is 7.99. The van der Waals surface area contributed by atoms with Crippen molar-refractivity contribution in [1.29, 1.82) is 0 Å². The number of thioether (sulfide) groups is 1. The van der Waals surface area contributed by atoms with Crippen LogP contribution in [0.4, 0.5) is 0 Å². The monoisotopic (exact) mass is 363 g/mol. The van der Waals surface area contributed by atoms with Crippen LogP contribution in [0, 0.1) is 0 Å². The average Bonchev–Trinajstić information content (AvgIpc) is 2.65. The van der Waals surface area contributed by atoms with Crippen LogP contribution in [0.1, 0.15) is 19.3 Å². The summed E-state index contributed by atoms with van der Waals surface area (Å²) in [6, 6.07) is 13.7. The van der Waals surface area contributed by atoms with E-state index >= 15 is 0 Å². The second-order valence-corrected chi connectivity index (χ2v) is 9.40. The van der Waals surface area contributed by atoms with Gasteiger partial charge in [-0.05, 0) is 37.5 Å². The van der Waals surface area contributed by atoms with E-state index in [9.17, 15) is 0 Å². The first kappa shape index (κ1) is 18.1. The molecule has 1 saturated heterocycles. The maximum atomic E-state index is 5.58. The molecule has 0 N–H and O–H groups in total. The SMILES string of the molecule is COCCOCCSc1ccc([S+]2CCCCC2)c2ccccc12. The fourth-order valence-electron chi connectivity index (χ4n) is 3.13. The molecule has 24 heavy (non-hydrogen) atoms. The zero-order valence-electron chi connectivity index (χ0n) is 14.5. The number of methoxy groups -OCH3 is 1. The van der Waals surface area contributed by atoms with Crippen molar-refractivity contribution in [1.82, 2.24) is 0 Å². The average molecular weight is 364 g/mol. The van der Waals surface area contributed by atoms with Crippen LogP contribution in [-0.2, 0) is 20.4 Å². The number of benzene rings is 2. The molecule has 2 nitrogen and oxygen atoms in total. The van der Waals surface area contributed by atoms with Crippen LogP contribution in [0.2, 0.25) is 0 Å². The van der Waals surface area contributed by atoms with Crippen LogP contribution in [0.3, 0.4) is 0 Å². The Morgan fingerprint density at radius 1 is 0.917 bits per heavy atom. The Labute approximate surface area is 152 Å². The molecule has 0 saturated carbocycles. The molecule has 3 rings (SSSR count). The van der Waals surface area contributed by atoms with E-state index in [1.807, 2.05) is 11.8 Å².